The fourth-order valence-electron chi connectivity index (χ4n) is 1.84. The van der Waals surface area contributed by atoms with Crippen LogP contribution in [0.5, 0.6) is 0 Å². The van der Waals surface area contributed by atoms with E-state index in [9.17, 15) is 10.1 Å². The minimum Gasteiger partial charge on any atom is -0.393 e. The molecule has 0 unspecified atom stereocenters. The third-order valence-electron chi connectivity index (χ3n) is 2.78. The van der Waals surface area contributed by atoms with Crippen molar-refractivity contribution in [1.29, 1.82) is 0 Å². The van der Waals surface area contributed by atoms with Gasteiger partial charge in [-0.15, -0.1) is 5.10 Å². The van der Waals surface area contributed by atoms with Crippen molar-refractivity contribution < 1.29 is 10.0 Å². The summed E-state index contributed by atoms with van der Waals surface area (Å²) in [7, 11) is 1.64. The first kappa shape index (κ1) is 10.9. The number of anilines is 1. The van der Waals surface area contributed by atoms with Gasteiger partial charge in [-0.25, -0.2) is 0 Å². The Bertz CT molecular complexity index is 397. The molecule has 0 bridgehead atoms. The molecule has 7 nitrogen and oxygen atoms in total. The van der Waals surface area contributed by atoms with Crippen molar-refractivity contribution in [1.82, 2.24) is 9.78 Å². The van der Waals surface area contributed by atoms with E-state index in [0.29, 0.717) is 18.3 Å². The molecule has 2 N–H and O–H groups in total. The zero-order valence-corrected chi connectivity index (χ0v) is 8.96. The van der Waals surface area contributed by atoms with Gasteiger partial charge in [-0.1, -0.05) is 0 Å². The highest BCUT2D eigenvalue weighted by Crippen LogP contribution is 2.28. The molecule has 0 aliphatic heterocycles. The van der Waals surface area contributed by atoms with Crippen LogP contribution >= 0.6 is 0 Å². The number of aromatic nitrogens is 2. The summed E-state index contributed by atoms with van der Waals surface area (Å²) in [5.41, 5.74) is -0.0117. The maximum Gasteiger partial charge on any atom is 0.330 e. The number of aryl methyl sites for hydroxylation is 1. The molecule has 0 radical (unpaired) electrons. The van der Waals surface area contributed by atoms with Gasteiger partial charge in [-0.05, 0) is 18.8 Å². The number of rotatable bonds is 4. The summed E-state index contributed by atoms with van der Waals surface area (Å²) in [5, 5.41) is 26.7. The maximum absolute atomic E-state index is 10.7. The molecular formula is C9H14N4O3. The lowest BCUT2D eigenvalue weighted by molar-refractivity contribution is -0.384. The Labute approximate surface area is 92.2 Å². The molecule has 1 heterocycles. The molecule has 1 saturated carbocycles. The van der Waals surface area contributed by atoms with Crippen LogP contribution in [0.15, 0.2) is 6.20 Å². The van der Waals surface area contributed by atoms with Crippen molar-refractivity contribution >= 4 is 11.5 Å². The average molecular weight is 226 g/mol. The van der Waals surface area contributed by atoms with E-state index in [-0.39, 0.29) is 11.8 Å². The second-order valence-electron chi connectivity index (χ2n) is 4.17. The highest BCUT2D eigenvalue weighted by molar-refractivity contribution is 5.54. The van der Waals surface area contributed by atoms with Gasteiger partial charge < -0.3 is 10.4 Å². The van der Waals surface area contributed by atoms with Crippen LogP contribution < -0.4 is 5.32 Å². The molecule has 7 heteroatoms. The Kier molecular flexibility index (Phi) is 2.78. The van der Waals surface area contributed by atoms with Gasteiger partial charge in [-0.3, -0.25) is 14.8 Å². The van der Waals surface area contributed by atoms with E-state index in [1.165, 1.54) is 10.9 Å². The zero-order chi connectivity index (χ0) is 11.7. The van der Waals surface area contributed by atoms with Crippen LogP contribution in [-0.2, 0) is 7.05 Å². The molecule has 0 aromatic carbocycles. The van der Waals surface area contributed by atoms with E-state index in [1.54, 1.807) is 7.05 Å². The third kappa shape index (κ3) is 2.13. The van der Waals surface area contributed by atoms with Crippen molar-refractivity contribution in [3.63, 3.8) is 0 Å². The van der Waals surface area contributed by atoms with Crippen LogP contribution in [0.1, 0.15) is 12.8 Å². The predicted octanol–water partition coefficient (Wildman–Crippen LogP) is 0.511. The van der Waals surface area contributed by atoms with E-state index < -0.39 is 4.92 Å². The molecule has 1 aromatic rings. The largest absolute Gasteiger partial charge is 0.393 e. The van der Waals surface area contributed by atoms with Crippen molar-refractivity contribution in [3.05, 3.63) is 16.3 Å². The first-order valence-corrected chi connectivity index (χ1v) is 5.16. The minimum atomic E-state index is -0.453. The highest BCUT2D eigenvalue weighted by atomic mass is 16.6. The molecule has 1 aromatic heterocycles. The van der Waals surface area contributed by atoms with Crippen molar-refractivity contribution in [2.24, 2.45) is 13.0 Å². The lowest BCUT2D eigenvalue weighted by atomic mass is 9.82. The number of aliphatic hydroxyl groups excluding tert-OH is 1. The van der Waals surface area contributed by atoms with Gasteiger partial charge >= 0.3 is 5.69 Å². The number of nitrogens with zero attached hydrogens (tertiary/aromatic N) is 3. The van der Waals surface area contributed by atoms with Crippen molar-refractivity contribution in [3.8, 4) is 0 Å². The summed E-state index contributed by atoms with van der Waals surface area (Å²) < 4.78 is 1.41. The van der Waals surface area contributed by atoms with Crippen LogP contribution in [0.3, 0.4) is 0 Å². The Balaban J connectivity index is 1.95. The lowest BCUT2D eigenvalue weighted by Crippen LogP contribution is -2.33. The summed E-state index contributed by atoms with van der Waals surface area (Å²) >= 11 is 0. The quantitative estimate of drug-likeness (QED) is 0.576. The fraction of sp³-hybridized carbons (Fsp3) is 0.667. The minimum absolute atomic E-state index is 0.0117. The van der Waals surface area contributed by atoms with E-state index in [0.717, 1.165) is 12.8 Å². The summed E-state index contributed by atoms with van der Waals surface area (Å²) in [6.07, 6.45) is 2.68. The number of hydrogen-bond donors (Lipinski definition) is 2. The maximum atomic E-state index is 10.7. The normalized spacial score (nSPS) is 23.9. The van der Waals surface area contributed by atoms with Gasteiger partial charge in [0.1, 0.15) is 6.20 Å². The van der Waals surface area contributed by atoms with E-state index in [4.69, 9.17) is 5.11 Å². The summed E-state index contributed by atoms with van der Waals surface area (Å²) in [6, 6.07) is 0. The molecule has 16 heavy (non-hydrogen) atoms. The van der Waals surface area contributed by atoms with E-state index in [1.807, 2.05) is 0 Å². The van der Waals surface area contributed by atoms with Crippen LogP contribution in [0.2, 0.25) is 0 Å². The molecule has 88 valence electrons. The van der Waals surface area contributed by atoms with Crippen LogP contribution in [0, 0.1) is 16.0 Å². The Morgan fingerprint density at radius 3 is 3.00 bits per heavy atom. The Morgan fingerprint density at radius 1 is 1.75 bits per heavy atom. The van der Waals surface area contributed by atoms with E-state index >= 15 is 0 Å². The Morgan fingerprint density at radius 2 is 2.44 bits per heavy atom. The van der Waals surface area contributed by atoms with Crippen LogP contribution in [-0.4, -0.2) is 32.5 Å². The monoisotopic (exact) mass is 226 g/mol. The van der Waals surface area contributed by atoms with Gasteiger partial charge in [0, 0.05) is 13.6 Å². The molecular weight excluding hydrogens is 212 g/mol. The highest BCUT2D eigenvalue weighted by Gasteiger charge is 2.28. The molecule has 1 aliphatic rings. The van der Waals surface area contributed by atoms with Gasteiger partial charge in [0.05, 0.1) is 11.0 Å². The number of nitrogens with one attached hydrogen (secondary N) is 1. The summed E-state index contributed by atoms with van der Waals surface area (Å²) in [4.78, 5) is 10.2. The van der Waals surface area contributed by atoms with Gasteiger partial charge in [-0.2, -0.15) is 0 Å². The first-order chi connectivity index (χ1) is 7.56. The SMILES string of the molecule is Cn1cc([N+](=O)[O-])c(NCC2CC(O)C2)n1. The Hall–Kier alpha value is -1.63. The molecule has 0 atom stereocenters. The molecule has 0 saturated heterocycles. The lowest BCUT2D eigenvalue weighted by Gasteiger charge is -2.31. The number of hydrogen-bond acceptors (Lipinski definition) is 5. The smallest absolute Gasteiger partial charge is 0.330 e. The summed E-state index contributed by atoms with van der Waals surface area (Å²) in [5.74, 6) is 0.686. The number of aliphatic hydroxyl groups is 1. The van der Waals surface area contributed by atoms with Crippen molar-refractivity contribution in [2.45, 2.75) is 18.9 Å². The topological polar surface area (TPSA) is 93.2 Å². The molecule has 0 spiro atoms. The molecule has 2 rings (SSSR count). The average Bonchev–Trinajstić information content (AvgIpc) is 2.52. The predicted molar refractivity (Wildman–Crippen MR) is 57.1 cm³/mol. The van der Waals surface area contributed by atoms with Crippen LogP contribution in [0.25, 0.3) is 0 Å². The summed E-state index contributed by atoms with van der Waals surface area (Å²) in [6.45, 7) is 0.620. The van der Waals surface area contributed by atoms with Crippen molar-refractivity contribution in [2.75, 3.05) is 11.9 Å². The van der Waals surface area contributed by atoms with E-state index in [2.05, 4.69) is 10.4 Å². The van der Waals surface area contributed by atoms with Gasteiger partial charge in [0.15, 0.2) is 0 Å². The molecule has 1 aliphatic carbocycles. The standard InChI is InChI=1S/C9H14N4O3/c1-12-5-8(13(15)16)9(11-12)10-4-6-2-7(14)3-6/h5-7,14H,2-4H2,1H3,(H,10,11). The first-order valence-electron chi connectivity index (χ1n) is 5.16. The molecule has 0 amide bonds. The fourth-order valence-corrected chi connectivity index (χ4v) is 1.84. The second kappa shape index (κ2) is 4.09. The zero-order valence-electron chi connectivity index (χ0n) is 8.96. The third-order valence-corrected chi connectivity index (χ3v) is 2.78. The van der Waals surface area contributed by atoms with Gasteiger partial charge in [0.2, 0.25) is 5.82 Å². The number of nitro groups is 1. The van der Waals surface area contributed by atoms with Gasteiger partial charge in [0.25, 0.3) is 0 Å². The molecule has 1 fully saturated rings. The second-order valence-corrected chi connectivity index (χ2v) is 4.17. The van der Waals surface area contributed by atoms with Crippen LogP contribution in [0.4, 0.5) is 11.5 Å².